The molecule has 0 radical (unpaired) electrons. The van der Waals surface area contributed by atoms with E-state index in [-0.39, 0.29) is 11.9 Å². The van der Waals surface area contributed by atoms with Gasteiger partial charge in [-0.25, -0.2) is 4.39 Å². The third kappa shape index (κ3) is 3.12. The summed E-state index contributed by atoms with van der Waals surface area (Å²) in [4.78, 5) is 4.60. The van der Waals surface area contributed by atoms with E-state index in [1.807, 2.05) is 0 Å². The van der Waals surface area contributed by atoms with Crippen molar-refractivity contribution in [2.24, 2.45) is 0 Å². The van der Waals surface area contributed by atoms with Gasteiger partial charge in [0.1, 0.15) is 11.9 Å². The molecule has 0 bridgehead atoms. The maximum atomic E-state index is 13.0. The van der Waals surface area contributed by atoms with Crippen LogP contribution in [0.4, 0.5) is 4.39 Å². The average molecular weight is 261 g/mol. The summed E-state index contributed by atoms with van der Waals surface area (Å²) in [7, 11) is 0. The van der Waals surface area contributed by atoms with Gasteiger partial charge in [-0.05, 0) is 31.2 Å². The van der Waals surface area contributed by atoms with Crippen LogP contribution >= 0.6 is 0 Å². The van der Waals surface area contributed by atoms with Crippen molar-refractivity contribution in [1.29, 1.82) is 5.26 Å². The molecule has 3 nitrogen and oxygen atoms in total. The zero-order chi connectivity index (χ0) is 13.8. The first-order valence-corrected chi connectivity index (χ1v) is 6.79. The number of halogens is 1. The van der Waals surface area contributed by atoms with Crippen molar-refractivity contribution in [3.63, 3.8) is 0 Å². The fraction of sp³-hybridized carbons (Fsp3) is 0.533. The van der Waals surface area contributed by atoms with E-state index in [0.29, 0.717) is 6.04 Å². The standard InChI is InChI=1S/C15H20FN3/c1-3-18-8-9-19(12(2)11-18)15(10-17)13-4-6-14(16)7-5-13/h4-7,12,15H,3,8-9,11H2,1-2H3. The lowest BCUT2D eigenvalue weighted by Gasteiger charge is -2.41. The minimum absolute atomic E-state index is 0.260. The van der Waals surface area contributed by atoms with Gasteiger partial charge in [0.2, 0.25) is 0 Å². The molecule has 0 spiro atoms. The molecule has 1 heterocycles. The second-order valence-electron chi connectivity index (χ2n) is 5.06. The fourth-order valence-corrected chi connectivity index (χ4v) is 2.70. The molecule has 4 heteroatoms. The molecule has 0 aliphatic carbocycles. The summed E-state index contributed by atoms with van der Waals surface area (Å²) in [5, 5.41) is 9.44. The molecule has 102 valence electrons. The van der Waals surface area contributed by atoms with Crippen LogP contribution in [-0.2, 0) is 0 Å². The van der Waals surface area contributed by atoms with Gasteiger partial charge in [0.05, 0.1) is 6.07 Å². The van der Waals surface area contributed by atoms with Gasteiger partial charge >= 0.3 is 0 Å². The first kappa shape index (κ1) is 14.0. The van der Waals surface area contributed by atoms with E-state index in [4.69, 9.17) is 0 Å². The maximum Gasteiger partial charge on any atom is 0.124 e. The van der Waals surface area contributed by atoms with Crippen LogP contribution < -0.4 is 0 Å². The van der Waals surface area contributed by atoms with Crippen molar-refractivity contribution >= 4 is 0 Å². The molecule has 0 N–H and O–H groups in total. The summed E-state index contributed by atoms with van der Waals surface area (Å²) >= 11 is 0. The van der Waals surface area contributed by atoms with Crippen molar-refractivity contribution in [3.05, 3.63) is 35.6 Å². The molecule has 1 aliphatic rings. The van der Waals surface area contributed by atoms with Gasteiger partial charge in [0.25, 0.3) is 0 Å². The Kier molecular flexibility index (Phi) is 4.52. The summed E-state index contributed by atoms with van der Waals surface area (Å²) in [6.45, 7) is 8.20. The molecule has 19 heavy (non-hydrogen) atoms. The Morgan fingerprint density at radius 3 is 2.58 bits per heavy atom. The zero-order valence-electron chi connectivity index (χ0n) is 11.5. The van der Waals surface area contributed by atoms with E-state index in [2.05, 4.69) is 29.7 Å². The third-order valence-corrected chi connectivity index (χ3v) is 3.85. The van der Waals surface area contributed by atoms with Crippen LogP contribution in [0.15, 0.2) is 24.3 Å². The lowest BCUT2D eigenvalue weighted by molar-refractivity contribution is 0.0683. The molecule has 2 unspecified atom stereocenters. The molecule has 2 rings (SSSR count). The van der Waals surface area contributed by atoms with Crippen molar-refractivity contribution in [1.82, 2.24) is 9.80 Å². The highest BCUT2D eigenvalue weighted by Crippen LogP contribution is 2.25. The number of nitrogens with zero attached hydrogens (tertiary/aromatic N) is 3. The van der Waals surface area contributed by atoms with Crippen molar-refractivity contribution in [2.75, 3.05) is 26.2 Å². The molecule has 1 aromatic carbocycles. The van der Waals surface area contributed by atoms with Crippen molar-refractivity contribution in [2.45, 2.75) is 25.9 Å². The SMILES string of the molecule is CCN1CCN(C(C#N)c2ccc(F)cc2)C(C)C1. The van der Waals surface area contributed by atoms with Crippen LogP contribution in [0.25, 0.3) is 0 Å². The molecule has 1 saturated heterocycles. The Balaban J connectivity index is 2.14. The second kappa shape index (κ2) is 6.14. The number of hydrogen-bond donors (Lipinski definition) is 0. The quantitative estimate of drug-likeness (QED) is 0.837. The lowest BCUT2D eigenvalue weighted by Crippen LogP contribution is -2.52. The lowest BCUT2D eigenvalue weighted by atomic mass is 10.0. The van der Waals surface area contributed by atoms with E-state index in [9.17, 15) is 9.65 Å². The number of nitriles is 1. The smallest absolute Gasteiger partial charge is 0.124 e. The van der Waals surface area contributed by atoms with Gasteiger partial charge in [0.15, 0.2) is 0 Å². The Bertz CT molecular complexity index is 451. The Morgan fingerprint density at radius 1 is 1.37 bits per heavy atom. The van der Waals surface area contributed by atoms with E-state index in [0.717, 1.165) is 31.7 Å². The van der Waals surface area contributed by atoms with Gasteiger partial charge in [-0.15, -0.1) is 0 Å². The Hall–Kier alpha value is -1.44. The van der Waals surface area contributed by atoms with Gasteiger partial charge in [-0.1, -0.05) is 19.1 Å². The molecule has 0 aromatic heterocycles. The van der Waals surface area contributed by atoms with Crippen LogP contribution in [0.1, 0.15) is 25.5 Å². The summed E-state index contributed by atoms with van der Waals surface area (Å²) in [6, 6.07) is 8.68. The Morgan fingerprint density at radius 2 is 2.05 bits per heavy atom. The number of piperazine rings is 1. The van der Waals surface area contributed by atoms with Crippen LogP contribution in [0.2, 0.25) is 0 Å². The van der Waals surface area contributed by atoms with Crippen LogP contribution in [0, 0.1) is 17.1 Å². The first-order chi connectivity index (χ1) is 9.15. The first-order valence-electron chi connectivity index (χ1n) is 6.79. The van der Waals surface area contributed by atoms with Gasteiger partial charge in [-0.3, -0.25) is 4.90 Å². The summed E-state index contributed by atoms with van der Waals surface area (Å²) in [6.07, 6.45) is 0. The predicted octanol–water partition coefficient (Wildman–Crippen LogP) is 2.42. The maximum absolute atomic E-state index is 13.0. The zero-order valence-corrected chi connectivity index (χ0v) is 11.5. The summed E-state index contributed by atoms with van der Waals surface area (Å²) in [5.41, 5.74) is 0.876. The van der Waals surface area contributed by atoms with Crippen molar-refractivity contribution in [3.8, 4) is 6.07 Å². The highest BCUT2D eigenvalue weighted by Gasteiger charge is 2.29. The minimum atomic E-state index is -0.283. The fourth-order valence-electron chi connectivity index (χ4n) is 2.70. The molecular formula is C15H20FN3. The van der Waals surface area contributed by atoms with Crippen LogP contribution in [-0.4, -0.2) is 42.0 Å². The van der Waals surface area contributed by atoms with Crippen LogP contribution in [0.3, 0.4) is 0 Å². The number of likely N-dealkylation sites (N-methyl/N-ethyl adjacent to an activating group) is 1. The largest absolute Gasteiger partial charge is 0.301 e. The molecule has 2 atom stereocenters. The van der Waals surface area contributed by atoms with Gasteiger partial charge in [-0.2, -0.15) is 5.26 Å². The van der Waals surface area contributed by atoms with E-state index >= 15 is 0 Å². The second-order valence-corrected chi connectivity index (χ2v) is 5.06. The van der Waals surface area contributed by atoms with Crippen molar-refractivity contribution < 1.29 is 4.39 Å². The van der Waals surface area contributed by atoms with Gasteiger partial charge < -0.3 is 4.90 Å². The number of benzene rings is 1. The highest BCUT2D eigenvalue weighted by atomic mass is 19.1. The highest BCUT2D eigenvalue weighted by molar-refractivity contribution is 5.25. The number of hydrogen-bond acceptors (Lipinski definition) is 3. The van der Waals surface area contributed by atoms with E-state index < -0.39 is 0 Å². The normalized spacial score (nSPS) is 22.9. The molecule has 1 aliphatic heterocycles. The molecule has 0 saturated carbocycles. The monoisotopic (exact) mass is 261 g/mol. The minimum Gasteiger partial charge on any atom is -0.301 e. The predicted molar refractivity (Wildman–Crippen MR) is 73.0 cm³/mol. The molecule has 1 aromatic rings. The third-order valence-electron chi connectivity index (χ3n) is 3.85. The Labute approximate surface area is 114 Å². The van der Waals surface area contributed by atoms with Gasteiger partial charge in [0, 0.05) is 25.7 Å². The molecule has 0 amide bonds. The van der Waals surface area contributed by atoms with E-state index in [1.54, 1.807) is 12.1 Å². The van der Waals surface area contributed by atoms with E-state index in [1.165, 1.54) is 12.1 Å². The summed E-state index contributed by atoms with van der Waals surface area (Å²) in [5.74, 6) is -0.260. The summed E-state index contributed by atoms with van der Waals surface area (Å²) < 4.78 is 13.0. The molecular weight excluding hydrogens is 241 g/mol. The number of rotatable bonds is 3. The van der Waals surface area contributed by atoms with Crippen LogP contribution in [0.5, 0.6) is 0 Å². The topological polar surface area (TPSA) is 30.3 Å². The average Bonchev–Trinajstić information content (AvgIpc) is 2.43. The molecule has 1 fully saturated rings.